The Morgan fingerprint density at radius 3 is 2.50 bits per heavy atom. The molecule has 60 valence electrons. The maximum absolute atomic E-state index is 10.8. The van der Waals surface area contributed by atoms with Crippen LogP contribution < -0.4 is 5.32 Å². The number of ketones is 1. The van der Waals surface area contributed by atoms with E-state index in [-0.39, 0.29) is 0 Å². The van der Waals surface area contributed by atoms with E-state index in [4.69, 9.17) is 0 Å². The summed E-state index contributed by atoms with van der Waals surface area (Å²) in [5.41, 5.74) is 0. The Hall–Kier alpha value is -0.370. The molecule has 2 heteroatoms. The summed E-state index contributed by atoms with van der Waals surface area (Å²) < 4.78 is 0. The lowest BCUT2D eigenvalue weighted by molar-refractivity contribution is -0.118. The lowest BCUT2D eigenvalue weighted by atomic mass is 10.2. The first-order valence-corrected chi connectivity index (χ1v) is 3.95. The van der Waals surface area contributed by atoms with Crippen molar-refractivity contribution in [3.63, 3.8) is 0 Å². The van der Waals surface area contributed by atoms with Gasteiger partial charge in [-0.1, -0.05) is 13.8 Å². The number of carbonyl (C=O) groups excluding carboxylic acids is 1. The summed E-state index contributed by atoms with van der Waals surface area (Å²) in [6.45, 7) is 6.61. The fraction of sp³-hybridized carbons (Fsp3) is 0.875. The van der Waals surface area contributed by atoms with E-state index in [0.717, 1.165) is 6.42 Å². The molecule has 1 unspecified atom stereocenters. The number of carbonyl (C=O) groups is 1. The van der Waals surface area contributed by atoms with E-state index in [9.17, 15) is 4.79 Å². The molecule has 0 bridgehead atoms. The summed E-state index contributed by atoms with van der Waals surface area (Å²) in [5, 5.41) is 3.13. The third-order valence-electron chi connectivity index (χ3n) is 1.65. The predicted molar refractivity (Wildman–Crippen MR) is 43.1 cm³/mol. The average molecular weight is 143 g/mol. The van der Waals surface area contributed by atoms with Crippen molar-refractivity contribution in [2.24, 2.45) is 0 Å². The Morgan fingerprint density at radius 1 is 1.50 bits per heavy atom. The molecule has 0 saturated carbocycles. The monoisotopic (exact) mass is 143 g/mol. The quantitative estimate of drug-likeness (QED) is 0.629. The summed E-state index contributed by atoms with van der Waals surface area (Å²) in [4.78, 5) is 10.8. The van der Waals surface area contributed by atoms with Gasteiger partial charge in [-0.2, -0.15) is 0 Å². The number of Topliss-reactive ketones (excluding diaryl/α,β-unsaturated/α-hetero) is 1. The van der Waals surface area contributed by atoms with E-state index in [1.165, 1.54) is 0 Å². The minimum atomic E-state index is 0.292. The topological polar surface area (TPSA) is 29.1 Å². The fourth-order valence-electron chi connectivity index (χ4n) is 0.557. The molecule has 0 saturated heterocycles. The molecule has 0 rings (SSSR count). The fourth-order valence-corrected chi connectivity index (χ4v) is 0.557. The van der Waals surface area contributed by atoms with E-state index in [1.54, 1.807) is 0 Å². The lowest BCUT2D eigenvalue weighted by Crippen LogP contribution is -2.30. The smallest absolute Gasteiger partial charge is 0.146 e. The number of rotatable bonds is 5. The summed E-state index contributed by atoms with van der Waals surface area (Å²) >= 11 is 0. The molecule has 0 aliphatic carbocycles. The van der Waals surface area contributed by atoms with Crippen LogP contribution in [0.15, 0.2) is 0 Å². The SMILES string of the molecule is CCC(=O)CNC(C)CC. The molecule has 0 heterocycles. The first-order chi connectivity index (χ1) is 4.70. The van der Waals surface area contributed by atoms with Crippen molar-refractivity contribution in [2.45, 2.75) is 39.7 Å². The summed E-state index contributed by atoms with van der Waals surface area (Å²) in [6, 6.07) is 0.468. The second-order valence-electron chi connectivity index (χ2n) is 2.58. The molecule has 1 atom stereocenters. The highest BCUT2D eigenvalue weighted by atomic mass is 16.1. The van der Waals surface area contributed by atoms with Crippen molar-refractivity contribution in [3.8, 4) is 0 Å². The van der Waals surface area contributed by atoms with Gasteiger partial charge in [0.2, 0.25) is 0 Å². The highest BCUT2D eigenvalue weighted by molar-refractivity contribution is 5.80. The van der Waals surface area contributed by atoms with E-state index in [2.05, 4.69) is 19.2 Å². The van der Waals surface area contributed by atoms with Gasteiger partial charge < -0.3 is 5.32 Å². The molecule has 0 aromatic rings. The van der Waals surface area contributed by atoms with Gasteiger partial charge in [0, 0.05) is 12.5 Å². The molecule has 0 amide bonds. The second kappa shape index (κ2) is 5.42. The normalized spacial score (nSPS) is 13.1. The van der Waals surface area contributed by atoms with Gasteiger partial charge in [0.15, 0.2) is 0 Å². The molecule has 0 aromatic heterocycles. The molecule has 0 fully saturated rings. The molecule has 0 spiro atoms. The van der Waals surface area contributed by atoms with E-state index in [0.29, 0.717) is 24.8 Å². The largest absolute Gasteiger partial charge is 0.308 e. The second-order valence-corrected chi connectivity index (χ2v) is 2.58. The zero-order valence-corrected chi connectivity index (χ0v) is 7.11. The van der Waals surface area contributed by atoms with Crippen LogP contribution >= 0.6 is 0 Å². The summed E-state index contributed by atoms with van der Waals surface area (Å²) in [7, 11) is 0. The van der Waals surface area contributed by atoms with Crippen LogP contribution in [0.5, 0.6) is 0 Å². The molecular weight excluding hydrogens is 126 g/mol. The minimum absolute atomic E-state index is 0.292. The van der Waals surface area contributed by atoms with Crippen molar-refractivity contribution in [3.05, 3.63) is 0 Å². The maximum atomic E-state index is 10.8. The van der Waals surface area contributed by atoms with E-state index in [1.807, 2.05) is 6.92 Å². The summed E-state index contributed by atoms with van der Waals surface area (Å²) in [5.74, 6) is 0.292. The number of nitrogens with one attached hydrogen (secondary N) is 1. The molecule has 0 radical (unpaired) electrons. The van der Waals surface area contributed by atoms with Gasteiger partial charge in [-0.15, -0.1) is 0 Å². The average Bonchev–Trinajstić information content (AvgIpc) is 1.99. The molecule has 0 aliphatic rings. The van der Waals surface area contributed by atoms with E-state index < -0.39 is 0 Å². The zero-order chi connectivity index (χ0) is 7.98. The molecule has 1 N–H and O–H groups in total. The molecular formula is C8H17NO. The van der Waals surface area contributed by atoms with E-state index >= 15 is 0 Å². The molecule has 10 heavy (non-hydrogen) atoms. The Morgan fingerprint density at radius 2 is 2.10 bits per heavy atom. The third-order valence-corrected chi connectivity index (χ3v) is 1.65. The Kier molecular flexibility index (Phi) is 5.22. The van der Waals surface area contributed by atoms with Gasteiger partial charge in [0.05, 0.1) is 6.54 Å². The number of hydrogen-bond acceptors (Lipinski definition) is 2. The molecule has 2 nitrogen and oxygen atoms in total. The lowest BCUT2D eigenvalue weighted by Gasteiger charge is -2.08. The van der Waals surface area contributed by atoms with Crippen LogP contribution in [0.3, 0.4) is 0 Å². The number of hydrogen-bond donors (Lipinski definition) is 1. The minimum Gasteiger partial charge on any atom is -0.308 e. The first kappa shape index (κ1) is 9.63. The van der Waals surface area contributed by atoms with Gasteiger partial charge in [0.25, 0.3) is 0 Å². The zero-order valence-electron chi connectivity index (χ0n) is 7.11. The standard InChI is InChI=1S/C8H17NO/c1-4-7(3)9-6-8(10)5-2/h7,9H,4-6H2,1-3H3. The maximum Gasteiger partial charge on any atom is 0.146 e. The van der Waals surface area contributed by atoms with Crippen LogP contribution in [0.2, 0.25) is 0 Å². The Labute approximate surface area is 63.0 Å². The van der Waals surface area contributed by atoms with Crippen LogP contribution in [0.4, 0.5) is 0 Å². The van der Waals surface area contributed by atoms with Crippen LogP contribution in [-0.2, 0) is 4.79 Å². The van der Waals surface area contributed by atoms with Crippen LogP contribution in [0, 0.1) is 0 Å². The van der Waals surface area contributed by atoms with Crippen molar-refractivity contribution in [1.82, 2.24) is 5.32 Å². The predicted octanol–water partition coefficient (Wildman–Crippen LogP) is 1.35. The van der Waals surface area contributed by atoms with Crippen molar-refractivity contribution in [1.29, 1.82) is 0 Å². The van der Waals surface area contributed by atoms with Crippen molar-refractivity contribution in [2.75, 3.05) is 6.54 Å². The van der Waals surface area contributed by atoms with Gasteiger partial charge in [-0.05, 0) is 13.3 Å². The Bertz CT molecular complexity index is 101. The molecule has 0 aromatic carbocycles. The van der Waals surface area contributed by atoms with Crippen LogP contribution in [-0.4, -0.2) is 18.4 Å². The third kappa shape index (κ3) is 4.50. The summed E-state index contributed by atoms with van der Waals surface area (Å²) in [6.07, 6.45) is 1.72. The van der Waals surface area contributed by atoms with Gasteiger partial charge in [-0.25, -0.2) is 0 Å². The highest BCUT2D eigenvalue weighted by Crippen LogP contribution is 1.87. The van der Waals surface area contributed by atoms with Gasteiger partial charge in [0.1, 0.15) is 5.78 Å². The van der Waals surface area contributed by atoms with Crippen LogP contribution in [0.25, 0.3) is 0 Å². The van der Waals surface area contributed by atoms with Crippen molar-refractivity contribution < 1.29 is 4.79 Å². The van der Waals surface area contributed by atoms with Crippen LogP contribution in [0.1, 0.15) is 33.6 Å². The van der Waals surface area contributed by atoms with Gasteiger partial charge >= 0.3 is 0 Å². The molecule has 0 aliphatic heterocycles. The van der Waals surface area contributed by atoms with Gasteiger partial charge in [-0.3, -0.25) is 4.79 Å². The van der Waals surface area contributed by atoms with Crippen molar-refractivity contribution >= 4 is 5.78 Å². The first-order valence-electron chi connectivity index (χ1n) is 3.95. The highest BCUT2D eigenvalue weighted by Gasteiger charge is 2.00. The Balaban J connectivity index is 3.26.